The molecular formula is C16H10BrNO2. The van der Waals surface area contributed by atoms with Gasteiger partial charge in [0.2, 0.25) is 0 Å². The summed E-state index contributed by atoms with van der Waals surface area (Å²) in [4.78, 5) is 4.71. The Balaban J connectivity index is 1.97. The second-order valence-electron chi connectivity index (χ2n) is 4.97. The van der Waals surface area contributed by atoms with Crippen molar-refractivity contribution in [3.63, 3.8) is 0 Å². The summed E-state index contributed by atoms with van der Waals surface area (Å²) in [5.41, 5.74) is 5.95. The summed E-state index contributed by atoms with van der Waals surface area (Å²) in [5, 5.41) is 19.2. The van der Waals surface area contributed by atoms with Gasteiger partial charge in [0.25, 0.3) is 0 Å². The van der Waals surface area contributed by atoms with E-state index in [1.165, 1.54) is 0 Å². The first-order valence-electron chi connectivity index (χ1n) is 6.27. The van der Waals surface area contributed by atoms with Crippen LogP contribution in [0, 0.1) is 0 Å². The van der Waals surface area contributed by atoms with Gasteiger partial charge in [-0.3, -0.25) is 0 Å². The van der Waals surface area contributed by atoms with Gasteiger partial charge in [0.05, 0.1) is 11.4 Å². The number of nitrogens with zero attached hydrogens (tertiary/aromatic N) is 1. The number of phenolic OH excluding ortho intramolecular Hbond substituents is 2. The molecule has 1 aliphatic heterocycles. The van der Waals surface area contributed by atoms with Gasteiger partial charge in [-0.25, -0.2) is 4.99 Å². The van der Waals surface area contributed by atoms with Crippen molar-refractivity contribution in [2.24, 2.45) is 4.99 Å². The molecule has 0 bridgehead atoms. The van der Waals surface area contributed by atoms with Crippen molar-refractivity contribution in [1.82, 2.24) is 0 Å². The minimum Gasteiger partial charge on any atom is -0.508 e. The summed E-state index contributed by atoms with van der Waals surface area (Å²) in [7, 11) is 0. The summed E-state index contributed by atoms with van der Waals surface area (Å²) in [6, 6.07) is 10.6. The van der Waals surface area contributed by atoms with Gasteiger partial charge in [-0.1, -0.05) is 0 Å². The fourth-order valence-electron chi connectivity index (χ4n) is 2.77. The zero-order valence-electron chi connectivity index (χ0n) is 10.4. The van der Waals surface area contributed by atoms with E-state index in [2.05, 4.69) is 15.9 Å². The SMILES string of the molecule is Oc1ccc2c(c1)CC1=C(Br)c3cc(O)ccc3C1=N2. The number of halogens is 1. The standard InChI is InChI=1S/C16H10BrNO2/c17-15-12-7-10(20)1-3-11(12)16-13(15)6-8-5-9(19)2-4-14(8)18-16/h1-5,7,19-20H,6H2. The lowest BCUT2D eigenvalue weighted by Gasteiger charge is -2.16. The summed E-state index contributed by atoms with van der Waals surface area (Å²) < 4.78 is 0.969. The Hall–Kier alpha value is -2.07. The summed E-state index contributed by atoms with van der Waals surface area (Å²) >= 11 is 3.61. The van der Waals surface area contributed by atoms with E-state index in [1.807, 2.05) is 12.1 Å². The van der Waals surface area contributed by atoms with E-state index in [-0.39, 0.29) is 11.5 Å². The van der Waals surface area contributed by atoms with Crippen LogP contribution in [-0.2, 0) is 6.42 Å². The van der Waals surface area contributed by atoms with E-state index in [1.54, 1.807) is 24.3 Å². The zero-order valence-corrected chi connectivity index (χ0v) is 12.0. The van der Waals surface area contributed by atoms with Gasteiger partial charge in [-0.15, -0.1) is 0 Å². The predicted octanol–water partition coefficient (Wildman–Crippen LogP) is 3.89. The van der Waals surface area contributed by atoms with Crippen LogP contribution in [0.3, 0.4) is 0 Å². The molecule has 0 unspecified atom stereocenters. The predicted molar refractivity (Wildman–Crippen MR) is 82.0 cm³/mol. The lowest BCUT2D eigenvalue weighted by molar-refractivity contribution is 0.474. The molecule has 20 heavy (non-hydrogen) atoms. The molecule has 0 saturated carbocycles. The maximum absolute atomic E-state index is 9.64. The van der Waals surface area contributed by atoms with Gasteiger partial charge >= 0.3 is 0 Å². The first kappa shape index (κ1) is 11.7. The van der Waals surface area contributed by atoms with Crippen LogP contribution in [0.25, 0.3) is 4.48 Å². The van der Waals surface area contributed by atoms with Gasteiger partial charge < -0.3 is 10.2 Å². The van der Waals surface area contributed by atoms with E-state index in [4.69, 9.17) is 4.99 Å². The molecule has 4 rings (SSSR count). The molecule has 0 fully saturated rings. The summed E-state index contributed by atoms with van der Waals surface area (Å²) in [6.45, 7) is 0. The number of fused-ring (bicyclic) bond motifs is 4. The molecular weight excluding hydrogens is 318 g/mol. The number of allylic oxidation sites excluding steroid dienone is 1. The van der Waals surface area contributed by atoms with Crippen molar-refractivity contribution in [3.05, 3.63) is 58.7 Å². The highest BCUT2D eigenvalue weighted by molar-refractivity contribution is 9.15. The third-order valence-electron chi connectivity index (χ3n) is 3.71. The second kappa shape index (κ2) is 3.96. The fraction of sp³-hybridized carbons (Fsp3) is 0.0625. The van der Waals surface area contributed by atoms with E-state index in [0.717, 1.165) is 44.6 Å². The largest absolute Gasteiger partial charge is 0.508 e. The lowest BCUT2D eigenvalue weighted by Crippen LogP contribution is -2.08. The van der Waals surface area contributed by atoms with Crippen LogP contribution in [0.2, 0.25) is 0 Å². The van der Waals surface area contributed by atoms with Gasteiger partial charge in [-0.2, -0.15) is 0 Å². The minimum atomic E-state index is 0.246. The molecule has 2 aromatic carbocycles. The average molecular weight is 328 g/mol. The summed E-state index contributed by atoms with van der Waals surface area (Å²) in [6.07, 6.45) is 0.721. The van der Waals surface area contributed by atoms with Gasteiger partial charge in [0.15, 0.2) is 0 Å². The highest BCUT2D eigenvalue weighted by Gasteiger charge is 2.30. The topological polar surface area (TPSA) is 52.8 Å². The normalized spacial score (nSPS) is 15.6. The van der Waals surface area contributed by atoms with E-state index >= 15 is 0 Å². The molecule has 0 amide bonds. The Labute approximate surface area is 124 Å². The Morgan fingerprint density at radius 2 is 1.70 bits per heavy atom. The molecule has 0 atom stereocenters. The maximum atomic E-state index is 9.64. The highest BCUT2D eigenvalue weighted by Crippen LogP contribution is 2.44. The van der Waals surface area contributed by atoms with Crippen molar-refractivity contribution in [3.8, 4) is 11.5 Å². The third kappa shape index (κ3) is 1.55. The quantitative estimate of drug-likeness (QED) is 0.771. The number of benzene rings is 2. The number of hydrogen-bond acceptors (Lipinski definition) is 3. The monoisotopic (exact) mass is 327 g/mol. The minimum absolute atomic E-state index is 0.246. The Morgan fingerprint density at radius 3 is 2.55 bits per heavy atom. The second-order valence-corrected chi connectivity index (χ2v) is 5.77. The molecule has 2 aliphatic rings. The van der Waals surface area contributed by atoms with Crippen LogP contribution in [0.5, 0.6) is 11.5 Å². The molecule has 1 heterocycles. The molecule has 0 saturated heterocycles. The third-order valence-corrected chi connectivity index (χ3v) is 4.61. The van der Waals surface area contributed by atoms with Gasteiger partial charge in [0, 0.05) is 22.0 Å². The molecule has 98 valence electrons. The Morgan fingerprint density at radius 1 is 0.950 bits per heavy atom. The Kier molecular flexibility index (Phi) is 2.32. The van der Waals surface area contributed by atoms with Crippen molar-refractivity contribution in [2.45, 2.75) is 6.42 Å². The van der Waals surface area contributed by atoms with Crippen LogP contribution < -0.4 is 0 Å². The lowest BCUT2D eigenvalue weighted by atomic mass is 9.96. The first-order chi connectivity index (χ1) is 9.63. The zero-order chi connectivity index (χ0) is 13.9. The molecule has 0 radical (unpaired) electrons. The smallest absolute Gasteiger partial charge is 0.116 e. The molecule has 1 aliphatic carbocycles. The number of hydrogen-bond donors (Lipinski definition) is 2. The van der Waals surface area contributed by atoms with Crippen molar-refractivity contribution >= 4 is 31.8 Å². The van der Waals surface area contributed by atoms with Crippen LogP contribution >= 0.6 is 15.9 Å². The van der Waals surface area contributed by atoms with Crippen LogP contribution in [0.15, 0.2) is 47.0 Å². The molecule has 4 heteroatoms. The van der Waals surface area contributed by atoms with Gasteiger partial charge in [-0.05, 0) is 63.5 Å². The Bertz CT molecular complexity index is 821. The van der Waals surface area contributed by atoms with E-state index in [0.29, 0.717) is 0 Å². The number of aromatic hydroxyl groups is 2. The maximum Gasteiger partial charge on any atom is 0.116 e. The number of rotatable bonds is 0. The summed E-state index contributed by atoms with van der Waals surface area (Å²) in [5.74, 6) is 0.503. The van der Waals surface area contributed by atoms with Crippen LogP contribution in [0.1, 0.15) is 16.7 Å². The number of aliphatic imine (C=N–C) groups is 1. The molecule has 2 N–H and O–H groups in total. The molecule has 3 nitrogen and oxygen atoms in total. The first-order valence-corrected chi connectivity index (χ1v) is 7.06. The van der Waals surface area contributed by atoms with Crippen LogP contribution in [-0.4, -0.2) is 15.9 Å². The highest BCUT2D eigenvalue weighted by atomic mass is 79.9. The number of phenols is 2. The van der Waals surface area contributed by atoms with Crippen molar-refractivity contribution in [1.29, 1.82) is 0 Å². The molecule has 0 aromatic heterocycles. The van der Waals surface area contributed by atoms with E-state index in [9.17, 15) is 10.2 Å². The van der Waals surface area contributed by atoms with Gasteiger partial charge in [0.1, 0.15) is 11.5 Å². The molecule has 0 spiro atoms. The van der Waals surface area contributed by atoms with Crippen molar-refractivity contribution in [2.75, 3.05) is 0 Å². The van der Waals surface area contributed by atoms with Crippen LogP contribution in [0.4, 0.5) is 5.69 Å². The van der Waals surface area contributed by atoms with Crippen molar-refractivity contribution < 1.29 is 10.2 Å². The average Bonchev–Trinajstić information content (AvgIpc) is 2.69. The fourth-order valence-corrected chi connectivity index (χ4v) is 3.43. The van der Waals surface area contributed by atoms with E-state index < -0.39 is 0 Å². The molecule has 2 aromatic rings.